The van der Waals surface area contributed by atoms with Crippen LogP contribution < -0.4 is 4.90 Å². The summed E-state index contributed by atoms with van der Waals surface area (Å²) in [5, 5.41) is 9.80. The molecule has 4 heterocycles. The van der Waals surface area contributed by atoms with Gasteiger partial charge in [0.2, 0.25) is 5.91 Å². The van der Waals surface area contributed by atoms with Gasteiger partial charge >= 0.3 is 0 Å². The van der Waals surface area contributed by atoms with E-state index >= 15 is 0 Å². The lowest BCUT2D eigenvalue weighted by atomic mass is 9.95. The Balaban J connectivity index is 1.47. The minimum atomic E-state index is 0.104. The molecule has 8 heteroatoms. The highest BCUT2D eigenvalue weighted by molar-refractivity contribution is 6.30. The maximum absolute atomic E-state index is 12.5. The first kappa shape index (κ1) is 20.0. The minimum absolute atomic E-state index is 0.104. The van der Waals surface area contributed by atoms with E-state index < -0.39 is 0 Å². The van der Waals surface area contributed by atoms with E-state index in [4.69, 9.17) is 11.6 Å². The molecule has 2 aromatic heterocycles. The molecule has 1 fully saturated rings. The monoisotopic (exact) mass is 436 g/mol. The molecule has 0 N–H and O–H groups in total. The topological polar surface area (TPSA) is 67.2 Å². The number of carbonyl (C=O) groups is 1. The van der Waals surface area contributed by atoms with Crippen LogP contribution in [-0.4, -0.2) is 43.6 Å². The molecule has 0 saturated carbocycles. The number of pyridine rings is 1. The molecule has 31 heavy (non-hydrogen) atoms. The number of carbonyl (C=O) groups excluding carboxylic acids is 1. The zero-order chi connectivity index (χ0) is 21.4. The van der Waals surface area contributed by atoms with Crippen LogP contribution in [0, 0.1) is 0 Å². The Morgan fingerprint density at radius 3 is 2.71 bits per heavy atom. The smallest absolute Gasteiger partial charge is 0.222 e. The zero-order valence-corrected chi connectivity index (χ0v) is 18.3. The van der Waals surface area contributed by atoms with Gasteiger partial charge in [0.1, 0.15) is 11.6 Å². The molecule has 0 aliphatic carbocycles. The third kappa shape index (κ3) is 3.78. The largest absolute Gasteiger partial charge is 0.357 e. The van der Waals surface area contributed by atoms with E-state index in [-0.39, 0.29) is 5.91 Å². The van der Waals surface area contributed by atoms with Gasteiger partial charge in [0, 0.05) is 43.2 Å². The van der Waals surface area contributed by atoms with Gasteiger partial charge in [0.15, 0.2) is 5.82 Å². The normalized spacial score (nSPS) is 16.6. The molecule has 7 nitrogen and oxygen atoms in total. The number of fused-ring (bicyclic) bond motifs is 3. The van der Waals surface area contributed by atoms with Gasteiger partial charge in [0.25, 0.3) is 0 Å². The van der Waals surface area contributed by atoms with Gasteiger partial charge in [-0.1, -0.05) is 24.6 Å². The van der Waals surface area contributed by atoms with Crippen LogP contribution in [0.4, 0.5) is 5.82 Å². The second kappa shape index (κ2) is 8.30. The summed E-state index contributed by atoms with van der Waals surface area (Å²) in [5.74, 6) is 3.22. The first-order valence-corrected chi connectivity index (χ1v) is 11.2. The summed E-state index contributed by atoms with van der Waals surface area (Å²) in [7, 11) is 0. The van der Waals surface area contributed by atoms with Gasteiger partial charge in [-0.3, -0.25) is 9.36 Å². The number of hydrogen-bond donors (Lipinski definition) is 0. The summed E-state index contributed by atoms with van der Waals surface area (Å²) in [5.41, 5.74) is 2.05. The highest BCUT2D eigenvalue weighted by atomic mass is 35.5. The Labute approximate surface area is 186 Å². The molecule has 160 valence electrons. The van der Waals surface area contributed by atoms with Gasteiger partial charge in [0.05, 0.1) is 12.2 Å². The molecule has 0 bridgehead atoms. The van der Waals surface area contributed by atoms with Gasteiger partial charge in [-0.15, -0.1) is 10.2 Å². The molecule has 3 aromatic rings. The van der Waals surface area contributed by atoms with Crippen LogP contribution in [0.1, 0.15) is 49.3 Å². The average molecular weight is 437 g/mol. The van der Waals surface area contributed by atoms with Crippen molar-refractivity contribution in [2.24, 2.45) is 0 Å². The van der Waals surface area contributed by atoms with Crippen LogP contribution in [0.3, 0.4) is 0 Å². The van der Waals surface area contributed by atoms with Crippen LogP contribution >= 0.6 is 11.6 Å². The summed E-state index contributed by atoms with van der Waals surface area (Å²) < 4.78 is 2.16. The molecule has 2 aliphatic rings. The summed E-state index contributed by atoms with van der Waals surface area (Å²) in [6.45, 7) is 4.73. The number of anilines is 1. The predicted octanol–water partition coefficient (Wildman–Crippen LogP) is 3.95. The lowest BCUT2D eigenvalue weighted by molar-refractivity contribution is -0.132. The second-order valence-corrected chi connectivity index (χ2v) is 8.57. The summed E-state index contributed by atoms with van der Waals surface area (Å²) in [4.78, 5) is 21.2. The summed E-state index contributed by atoms with van der Waals surface area (Å²) >= 11 is 6.30. The van der Waals surface area contributed by atoms with E-state index in [1.807, 2.05) is 48.4 Å². The molecule has 5 rings (SSSR count). The Morgan fingerprint density at radius 1 is 1.13 bits per heavy atom. The average Bonchev–Trinajstić information content (AvgIpc) is 3.15. The number of benzene rings is 1. The van der Waals surface area contributed by atoms with Gasteiger partial charge in [-0.2, -0.15) is 0 Å². The molecular weight excluding hydrogens is 412 g/mol. The molecule has 2 aliphatic heterocycles. The zero-order valence-electron chi connectivity index (χ0n) is 17.5. The first-order valence-electron chi connectivity index (χ1n) is 10.8. The standard InChI is InChI=1S/C23H25ClN6O/c1-2-22(31)29-14-17-13-18(24)6-7-19(17)30-21(15-29)26-27-23(30)16-8-11-28(12-9-16)20-5-3-4-10-25-20/h3-7,10,13,16H,2,8-9,11-12,14-15H2,1H3. The number of rotatable bonds is 3. The number of nitrogens with zero attached hydrogens (tertiary/aromatic N) is 6. The first-order chi connectivity index (χ1) is 15.1. The molecule has 0 radical (unpaired) electrons. The number of hydrogen-bond acceptors (Lipinski definition) is 5. The van der Waals surface area contributed by atoms with Crippen LogP contribution in [0.25, 0.3) is 5.69 Å². The van der Waals surface area contributed by atoms with E-state index in [9.17, 15) is 4.79 Å². The fourth-order valence-corrected chi connectivity index (χ4v) is 4.79. The Bertz CT molecular complexity index is 1090. The van der Waals surface area contributed by atoms with Crippen molar-refractivity contribution < 1.29 is 4.79 Å². The van der Waals surface area contributed by atoms with Gasteiger partial charge in [-0.05, 0) is 48.7 Å². The third-order valence-corrected chi connectivity index (χ3v) is 6.45. The molecular formula is C23H25ClN6O. The van der Waals surface area contributed by atoms with Crippen LogP contribution in [0.15, 0.2) is 42.6 Å². The van der Waals surface area contributed by atoms with Crippen molar-refractivity contribution in [2.75, 3.05) is 18.0 Å². The number of halogens is 1. The maximum Gasteiger partial charge on any atom is 0.222 e. The number of aromatic nitrogens is 4. The lowest BCUT2D eigenvalue weighted by Crippen LogP contribution is -2.34. The van der Waals surface area contributed by atoms with Gasteiger partial charge in [-0.25, -0.2) is 4.98 Å². The Kier molecular flexibility index (Phi) is 5.36. The number of piperidine rings is 1. The van der Waals surface area contributed by atoms with E-state index in [2.05, 4.69) is 30.7 Å². The predicted molar refractivity (Wildman–Crippen MR) is 119 cm³/mol. The maximum atomic E-state index is 12.5. The van der Waals surface area contributed by atoms with Crippen molar-refractivity contribution in [2.45, 2.75) is 45.2 Å². The van der Waals surface area contributed by atoms with Gasteiger partial charge < -0.3 is 9.80 Å². The van der Waals surface area contributed by atoms with Crippen LogP contribution in [0.2, 0.25) is 5.02 Å². The van der Waals surface area contributed by atoms with E-state index in [1.165, 1.54) is 0 Å². The van der Waals surface area contributed by atoms with Crippen LogP contribution in [0.5, 0.6) is 0 Å². The molecule has 1 aromatic carbocycles. The molecule has 0 spiro atoms. The highest BCUT2D eigenvalue weighted by Gasteiger charge is 2.31. The number of amides is 1. The van der Waals surface area contributed by atoms with Crippen molar-refractivity contribution in [3.8, 4) is 5.69 Å². The van der Waals surface area contributed by atoms with Crippen LogP contribution in [-0.2, 0) is 17.9 Å². The van der Waals surface area contributed by atoms with E-state index in [0.29, 0.717) is 30.5 Å². The minimum Gasteiger partial charge on any atom is -0.357 e. The Hall–Kier alpha value is -2.93. The van der Waals surface area contributed by atoms with E-state index in [0.717, 1.165) is 54.6 Å². The lowest BCUT2D eigenvalue weighted by Gasteiger charge is -2.32. The Morgan fingerprint density at radius 2 is 1.97 bits per heavy atom. The molecule has 0 unspecified atom stereocenters. The summed E-state index contributed by atoms with van der Waals surface area (Å²) in [6, 6.07) is 11.9. The highest BCUT2D eigenvalue weighted by Crippen LogP contribution is 2.34. The fourth-order valence-electron chi connectivity index (χ4n) is 4.60. The van der Waals surface area contributed by atoms with Crippen molar-refractivity contribution in [3.05, 3.63) is 64.8 Å². The SMILES string of the molecule is CCC(=O)N1Cc2cc(Cl)ccc2-n2c(nnc2C2CCN(c3ccccn3)CC2)C1. The molecule has 0 atom stereocenters. The molecule has 1 amide bonds. The van der Waals surface area contributed by atoms with Crippen molar-refractivity contribution in [1.82, 2.24) is 24.6 Å². The quantitative estimate of drug-likeness (QED) is 0.621. The van der Waals surface area contributed by atoms with E-state index in [1.54, 1.807) is 0 Å². The molecule has 1 saturated heterocycles. The van der Waals surface area contributed by atoms with Crippen molar-refractivity contribution >= 4 is 23.3 Å². The summed E-state index contributed by atoms with van der Waals surface area (Å²) in [6.07, 6.45) is 4.26. The van der Waals surface area contributed by atoms with Crippen molar-refractivity contribution in [1.29, 1.82) is 0 Å². The third-order valence-electron chi connectivity index (χ3n) is 6.22. The second-order valence-electron chi connectivity index (χ2n) is 8.14. The van der Waals surface area contributed by atoms with Crippen molar-refractivity contribution in [3.63, 3.8) is 0 Å². The fraction of sp³-hybridized carbons (Fsp3) is 0.391.